The Bertz CT molecular complexity index is 2570. The standard InChI is InChI=1S/C52H50N2.C5H12S.C3H8.3C2H6/c1-6-15-44(54(51-27-14-21-43-19-8-10-25-49(43)51)47-23-12-17-41(38-47)36-37-52(3,4)5)22-11-16-40-30-34-46(35-31-40)53(45-32-28-39(2)29-33-45)50-26-13-20-42-18-7-9-24-48(42)50;1-5(2,3)6-4;1-3-2;3*1-2/h6-35,38H,36-37H2,1-5H3;1-4H3;3H2,1-2H3;3*1-2H3/b15-6-,16-11+,44-22+;;;;;. The predicted molar refractivity (Wildman–Crippen MR) is 319 cm³/mol. The van der Waals surface area contributed by atoms with E-state index in [0.717, 1.165) is 52.5 Å². The lowest BCUT2D eigenvalue weighted by molar-refractivity contribution is 0.378. The average molecular weight is 942 g/mol. The highest BCUT2D eigenvalue weighted by Crippen LogP contribution is 2.40. The molecule has 7 aromatic carbocycles. The molecule has 0 unspecified atom stereocenters. The molecule has 0 heterocycles. The number of anilines is 5. The molecular weight excluding hydrogens is 853 g/mol. The first-order valence-corrected chi connectivity index (χ1v) is 26.9. The van der Waals surface area contributed by atoms with Gasteiger partial charge in [-0.2, -0.15) is 11.8 Å². The zero-order valence-electron chi connectivity index (χ0n) is 45.8. The molecule has 0 saturated carbocycles. The lowest BCUT2D eigenvalue weighted by atomic mass is 9.88. The van der Waals surface area contributed by atoms with Crippen LogP contribution < -0.4 is 9.80 Å². The molecule has 0 saturated heterocycles. The normalized spacial score (nSPS) is 11.2. The molecule has 3 heteroatoms. The molecule has 368 valence electrons. The zero-order valence-corrected chi connectivity index (χ0v) is 46.6. The first-order chi connectivity index (χ1) is 33.2. The van der Waals surface area contributed by atoms with E-state index < -0.39 is 0 Å². The Kier molecular flexibility index (Phi) is 27.0. The van der Waals surface area contributed by atoms with Crippen molar-refractivity contribution >= 4 is 67.8 Å². The van der Waals surface area contributed by atoms with E-state index >= 15 is 0 Å². The van der Waals surface area contributed by atoms with E-state index in [1.165, 1.54) is 39.1 Å². The fourth-order valence-electron chi connectivity index (χ4n) is 7.09. The minimum Gasteiger partial charge on any atom is -0.310 e. The van der Waals surface area contributed by atoms with Gasteiger partial charge >= 0.3 is 0 Å². The second-order valence-corrected chi connectivity index (χ2v) is 19.9. The van der Waals surface area contributed by atoms with E-state index in [0.29, 0.717) is 4.75 Å². The summed E-state index contributed by atoms with van der Waals surface area (Å²) in [5, 5.41) is 4.90. The summed E-state index contributed by atoms with van der Waals surface area (Å²) in [6.07, 6.45) is 16.5. The Morgan fingerprint density at radius 1 is 0.565 bits per heavy atom. The number of nitrogens with zero attached hydrogens (tertiary/aromatic N) is 2. The van der Waals surface area contributed by atoms with Crippen LogP contribution in [0.25, 0.3) is 27.6 Å². The van der Waals surface area contributed by atoms with Crippen LogP contribution in [-0.4, -0.2) is 11.0 Å². The summed E-state index contributed by atoms with van der Waals surface area (Å²) in [6.45, 7) is 34.0. The molecule has 0 bridgehead atoms. The van der Waals surface area contributed by atoms with Gasteiger partial charge in [-0.25, -0.2) is 0 Å². The van der Waals surface area contributed by atoms with Crippen molar-refractivity contribution in [3.8, 4) is 0 Å². The topological polar surface area (TPSA) is 6.48 Å². The molecule has 0 N–H and O–H groups in total. The van der Waals surface area contributed by atoms with Crippen LogP contribution in [0.5, 0.6) is 0 Å². The van der Waals surface area contributed by atoms with Crippen molar-refractivity contribution in [2.75, 3.05) is 16.1 Å². The molecule has 7 rings (SSSR count). The summed E-state index contributed by atoms with van der Waals surface area (Å²) in [5.41, 5.74) is 10.8. The highest BCUT2D eigenvalue weighted by Gasteiger charge is 2.18. The summed E-state index contributed by atoms with van der Waals surface area (Å²) in [6, 6.07) is 57.1. The lowest BCUT2D eigenvalue weighted by Crippen LogP contribution is -2.16. The van der Waals surface area contributed by atoms with Gasteiger partial charge in [0.1, 0.15) is 0 Å². The van der Waals surface area contributed by atoms with Crippen molar-refractivity contribution in [3.63, 3.8) is 0 Å². The number of hydrogen-bond acceptors (Lipinski definition) is 3. The van der Waals surface area contributed by atoms with Crippen LogP contribution in [-0.2, 0) is 6.42 Å². The van der Waals surface area contributed by atoms with Gasteiger partial charge in [0, 0.05) is 38.3 Å². The van der Waals surface area contributed by atoms with Crippen LogP contribution in [0.3, 0.4) is 0 Å². The number of thioether (sulfide) groups is 1. The summed E-state index contributed by atoms with van der Waals surface area (Å²) < 4.78 is 0.458. The molecule has 0 aliphatic rings. The van der Waals surface area contributed by atoms with E-state index in [4.69, 9.17) is 0 Å². The molecule has 0 aliphatic carbocycles. The lowest BCUT2D eigenvalue weighted by Gasteiger charge is -2.28. The molecule has 2 nitrogen and oxygen atoms in total. The largest absolute Gasteiger partial charge is 0.310 e. The van der Waals surface area contributed by atoms with Gasteiger partial charge in [-0.1, -0.05) is 236 Å². The average Bonchev–Trinajstić information content (AvgIpc) is 3.37. The highest BCUT2D eigenvalue weighted by atomic mass is 32.2. The smallest absolute Gasteiger partial charge is 0.0540 e. The molecule has 0 radical (unpaired) electrons. The number of fused-ring (bicyclic) bond motifs is 2. The quantitative estimate of drug-likeness (QED) is 0.119. The molecule has 0 fully saturated rings. The first-order valence-electron chi connectivity index (χ1n) is 25.6. The van der Waals surface area contributed by atoms with Crippen LogP contribution >= 0.6 is 11.8 Å². The Morgan fingerprint density at radius 2 is 1.03 bits per heavy atom. The van der Waals surface area contributed by atoms with Crippen molar-refractivity contribution in [3.05, 3.63) is 204 Å². The fraction of sp³-hybridized carbons (Fsp3) is 0.333. The third kappa shape index (κ3) is 19.3. The number of allylic oxidation sites excluding steroid dienone is 4. The number of hydrogen-bond donors (Lipinski definition) is 0. The molecule has 7 aromatic rings. The Labute approximate surface area is 426 Å². The van der Waals surface area contributed by atoms with Gasteiger partial charge in [-0.15, -0.1) is 0 Å². The van der Waals surface area contributed by atoms with E-state index in [-0.39, 0.29) is 5.41 Å². The Morgan fingerprint density at radius 3 is 1.54 bits per heavy atom. The van der Waals surface area contributed by atoms with Gasteiger partial charge < -0.3 is 9.80 Å². The van der Waals surface area contributed by atoms with E-state index in [9.17, 15) is 0 Å². The monoisotopic (exact) mass is 941 g/mol. The molecule has 0 atom stereocenters. The van der Waals surface area contributed by atoms with Crippen LogP contribution in [0, 0.1) is 12.3 Å². The fourth-order valence-corrected chi connectivity index (χ4v) is 7.09. The maximum Gasteiger partial charge on any atom is 0.0540 e. The van der Waals surface area contributed by atoms with Crippen molar-refractivity contribution in [2.45, 2.75) is 135 Å². The third-order valence-corrected chi connectivity index (χ3v) is 11.8. The Hall–Kier alpha value is -5.77. The van der Waals surface area contributed by atoms with E-state index in [1.54, 1.807) is 0 Å². The number of rotatable bonds is 11. The molecule has 0 amide bonds. The predicted octanol–water partition coefficient (Wildman–Crippen LogP) is 21.7. The molecule has 0 aliphatic heterocycles. The molecular formula is C66H88N2S. The second kappa shape index (κ2) is 31.4. The van der Waals surface area contributed by atoms with Crippen molar-refractivity contribution < 1.29 is 0 Å². The maximum absolute atomic E-state index is 2.40. The van der Waals surface area contributed by atoms with Crippen molar-refractivity contribution in [1.82, 2.24) is 0 Å². The second-order valence-electron chi connectivity index (χ2n) is 18.3. The third-order valence-electron chi connectivity index (χ3n) is 10.6. The summed E-state index contributed by atoms with van der Waals surface area (Å²) >= 11 is 1.88. The van der Waals surface area contributed by atoms with Crippen molar-refractivity contribution in [2.24, 2.45) is 5.41 Å². The summed E-state index contributed by atoms with van der Waals surface area (Å²) in [4.78, 5) is 4.76. The zero-order chi connectivity index (χ0) is 51.4. The molecule has 0 spiro atoms. The van der Waals surface area contributed by atoms with Gasteiger partial charge in [-0.3, -0.25) is 0 Å². The molecule has 69 heavy (non-hydrogen) atoms. The van der Waals surface area contributed by atoms with Crippen LogP contribution in [0.1, 0.15) is 133 Å². The minimum absolute atomic E-state index is 0.277. The summed E-state index contributed by atoms with van der Waals surface area (Å²) in [5.74, 6) is 0. The minimum atomic E-state index is 0.277. The van der Waals surface area contributed by atoms with Gasteiger partial charge in [0.25, 0.3) is 0 Å². The molecule has 0 aromatic heterocycles. The van der Waals surface area contributed by atoms with Crippen LogP contribution in [0.15, 0.2) is 188 Å². The van der Waals surface area contributed by atoms with Gasteiger partial charge in [0.05, 0.1) is 11.4 Å². The highest BCUT2D eigenvalue weighted by molar-refractivity contribution is 7.99. The SMILES string of the molecule is CC.CC.CC.CCC.CSC(C)(C)C.C\C=C/C(=C\C=C\c1ccc(N(c2ccc(C)cc2)c2cccc3ccccc23)cc1)N(c1cccc(CCC(C)(C)C)c1)c1cccc2ccccc12. The van der Waals surface area contributed by atoms with Gasteiger partial charge in [0.15, 0.2) is 0 Å². The van der Waals surface area contributed by atoms with Gasteiger partial charge in [-0.05, 0) is 121 Å². The van der Waals surface area contributed by atoms with Crippen LogP contribution in [0.4, 0.5) is 28.4 Å². The first kappa shape index (κ1) is 59.4. The number of benzene rings is 7. The number of aryl methyl sites for hydroxylation is 2. The van der Waals surface area contributed by atoms with Crippen LogP contribution in [0.2, 0.25) is 0 Å². The summed E-state index contributed by atoms with van der Waals surface area (Å²) in [7, 11) is 0. The van der Waals surface area contributed by atoms with E-state index in [2.05, 4.69) is 273 Å². The van der Waals surface area contributed by atoms with Gasteiger partial charge in [0.2, 0.25) is 0 Å². The Balaban J connectivity index is 0.000000969. The maximum atomic E-state index is 2.40. The van der Waals surface area contributed by atoms with Crippen molar-refractivity contribution in [1.29, 1.82) is 0 Å². The van der Waals surface area contributed by atoms with E-state index in [1.807, 2.05) is 53.3 Å².